The van der Waals surface area contributed by atoms with E-state index in [1.807, 2.05) is 79.7 Å². The molecule has 3 aromatic carbocycles. The van der Waals surface area contributed by atoms with Crippen LogP contribution in [-0.2, 0) is 27.2 Å². The van der Waals surface area contributed by atoms with Crippen LogP contribution in [0.5, 0.6) is 0 Å². The molecule has 41 heavy (non-hydrogen) atoms. The molecule has 3 atom stereocenters. The van der Waals surface area contributed by atoms with E-state index >= 15 is 0 Å². The van der Waals surface area contributed by atoms with E-state index in [4.69, 9.17) is 16.2 Å². The average molecular weight is 557 g/mol. The number of carbonyl (C=O) groups is 3. The Balaban J connectivity index is 1.47. The van der Waals surface area contributed by atoms with Crippen LogP contribution in [0.2, 0.25) is 0 Å². The molecule has 2 amide bonds. The Morgan fingerprint density at radius 1 is 0.902 bits per heavy atom. The number of rotatable bonds is 13. The number of nitrogens with one attached hydrogen (secondary N) is 1. The molecule has 0 aromatic heterocycles. The zero-order valence-corrected chi connectivity index (χ0v) is 23.6. The van der Waals surface area contributed by atoms with Gasteiger partial charge < -0.3 is 26.4 Å². The lowest BCUT2D eigenvalue weighted by molar-refractivity contribution is -0.127. The first-order chi connectivity index (χ1) is 19.7. The molecule has 1 heterocycles. The summed E-state index contributed by atoms with van der Waals surface area (Å²) in [4.78, 5) is 41.1. The number of benzene rings is 3. The maximum atomic E-state index is 13.9. The Bertz CT molecular complexity index is 1290. The fourth-order valence-corrected chi connectivity index (χ4v) is 5.32. The third-order valence-corrected chi connectivity index (χ3v) is 7.73. The van der Waals surface area contributed by atoms with Crippen LogP contribution in [0.25, 0.3) is 0 Å². The van der Waals surface area contributed by atoms with Crippen molar-refractivity contribution in [3.63, 3.8) is 0 Å². The number of Topliss-reactive ketones (excluding diaryl/α,β-unsaturated/α-hetero) is 1. The van der Waals surface area contributed by atoms with Crippen molar-refractivity contribution < 1.29 is 19.1 Å². The molecule has 0 saturated carbocycles. The van der Waals surface area contributed by atoms with Crippen molar-refractivity contribution in [1.82, 2.24) is 4.90 Å². The van der Waals surface area contributed by atoms with Gasteiger partial charge in [0.15, 0.2) is 5.78 Å². The monoisotopic (exact) mass is 556 g/mol. The molecule has 1 unspecified atom stereocenters. The van der Waals surface area contributed by atoms with E-state index in [0.29, 0.717) is 44.7 Å². The summed E-state index contributed by atoms with van der Waals surface area (Å²) in [5, 5.41) is 3.28. The van der Waals surface area contributed by atoms with Gasteiger partial charge in [0.25, 0.3) is 5.91 Å². The van der Waals surface area contributed by atoms with Crippen LogP contribution in [0.3, 0.4) is 0 Å². The van der Waals surface area contributed by atoms with Gasteiger partial charge in [-0.15, -0.1) is 0 Å². The zero-order valence-electron chi connectivity index (χ0n) is 23.6. The molecule has 0 radical (unpaired) electrons. The number of aryl methyl sites for hydroxylation is 1. The van der Waals surface area contributed by atoms with Crippen molar-refractivity contribution in [2.45, 2.75) is 44.2 Å². The van der Waals surface area contributed by atoms with E-state index in [-0.39, 0.29) is 24.5 Å². The van der Waals surface area contributed by atoms with Crippen LogP contribution in [0, 0.1) is 5.92 Å². The minimum atomic E-state index is -1.38. The van der Waals surface area contributed by atoms with Crippen LogP contribution in [0.4, 0.5) is 5.69 Å². The third kappa shape index (κ3) is 8.25. The summed E-state index contributed by atoms with van der Waals surface area (Å²) in [5.74, 6) is -1.20. The van der Waals surface area contributed by atoms with Crippen molar-refractivity contribution in [1.29, 1.82) is 0 Å². The Morgan fingerprint density at radius 2 is 1.49 bits per heavy atom. The fourth-order valence-electron chi connectivity index (χ4n) is 5.32. The van der Waals surface area contributed by atoms with Gasteiger partial charge in [-0.25, -0.2) is 0 Å². The van der Waals surface area contributed by atoms with Crippen LogP contribution in [-0.4, -0.2) is 60.4 Å². The lowest BCUT2D eigenvalue weighted by Gasteiger charge is -2.31. The molecule has 216 valence electrons. The number of nitrogens with two attached hydrogens (primary N) is 2. The minimum absolute atomic E-state index is 0.0332. The molecule has 3 aromatic rings. The standard InChI is InChI=1S/C33H40N4O4/c1-24(36-29-16-14-27(15-17-29)31(39)37-18-20-41-21-19-37)30(38)28(13-12-25-8-4-2-5-9-25)23-33(35,32(34)40)22-26-10-6-3-7-11-26/h2-11,14-17,24,28,36H,12-13,18-23,35H2,1H3,(H2,34,40)/t24-,28?,33+/m0/s1. The van der Waals surface area contributed by atoms with Gasteiger partial charge in [0.2, 0.25) is 5.91 Å². The number of anilines is 1. The van der Waals surface area contributed by atoms with Gasteiger partial charge in [0.05, 0.1) is 24.8 Å². The van der Waals surface area contributed by atoms with E-state index in [0.717, 1.165) is 16.8 Å². The SMILES string of the molecule is C[C@H](Nc1ccc(C(=O)N2CCOCC2)cc1)C(=O)C(CCc1ccccc1)C[C@](N)(Cc1ccccc1)C(N)=O. The van der Waals surface area contributed by atoms with Crippen LogP contribution in [0.15, 0.2) is 84.9 Å². The summed E-state index contributed by atoms with van der Waals surface area (Å²) in [6, 6.07) is 26.0. The van der Waals surface area contributed by atoms with E-state index in [1.165, 1.54) is 0 Å². The largest absolute Gasteiger partial charge is 0.378 e. The predicted octanol–water partition coefficient (Wildman–Crippen LogP) is 3.59. The first kappa shape index (κ1) is 30.0. The lowest BCUT2D eigenvalue weighted by Crippen LogP contribution is -2.56. The van der Waals surface area contributed by atoms with Gasteiger partial charge >= 0.3 is 0 Å². The molecule has 8 nitrogen and oxygen atoms in total. The fraction of sp³-hybridized carbons (Fsp3) is 0.364. The maximum Gasteiger partial charge on any atom is 0.254 e. The lowest BCUT2D eigenvalue weighted by atomic mass is 9.77. The number of primary amides is 1. The molecule has 8 heteroatoms. The van der Waals surface area contributed by atoms with E-state index in [1.54, 1.807) is 17.0 Å². The molecule has 1 fully saturated rings. The van der Waals surface area contributed by atoms with Gasteiger partial charge in [-0.05, 0) is 68.0 Å². The van der Waals surface area contributed by atoms with E-state index < -0.39 is 23.4 Å². The molecule has 1 aliphatic heterocycles. The van der Waals surface area contributed by atoms with Crippen LogP contribution < -0.4 is 16.8 Å². The average Bonchev–Trinajstić information content (AvgIpc) is 3.00. The topological polar surface area (TPSA) is 128 Å². The number of morpholine rings is 1. The number of ketones is 1. The number of amides is 2. The van der Waals surface area contributed by atoms with Crippen molar-refractivity contribution in [3.05, 3.63) is 102 Å². The molecule has 0 spiro atoms. The highest BCUT2D eigenvalue weighted by Gasteiger charge is 2.38. The Hall–Kier alpha value is -4.01. The number of hydrogen-bond donors (Lipinski definition) is 3. The smallest absolute Gasteiger partial charge is 0.254 e. The molecule has 4 rings (SSSR count). The summed E-state index contributed by atoms with van der Waals surface area (Å²) in [5.41, 5.74) is 14.4. The van der Waals surface area contributed by atoms with Gasteiger partial charge in [0, 0.05) is 30.3 Å². The Morgan fingerprint density at radius 3 is 2.07 bits per heavy atom. The van der Waals surface area contributed by atoms with Crippen molar-refractivity contribution in [2.75, 3.05) is 31.6 Å². The molecule has 1 saturated heterocycles. The summed E-state index contributed by atoms with van der Waals surface area (Å²) < 4.78 is 5.34. The normalized spacial score (nSPS) is 16.3. The van der Waals surface area contributed by atoms with Crippen molar-refractivity contribution >= 4 is 23.3 Å². The summed E-state index contributed by atoms with van der Waals surface area (Å²) >= 11 is 0. The maximum absolute atomic E-state index is 13.9. The molecule has 1 aliphatic rings. The molecule has 0 bridgehead atoms. The second-order valence-electron chi connectivity index (χ2n) is 10.9. The molecule has 0 aliphatic carbocycles. The van der Waals surface area contributed by atoms with E-state index in [2.05, 4.69) is 5.32 Å². The summed E-state index contributed by atoms with van der Waals surface area (Å²) in [7, 11) is 0. The zero-order chi connectivity index (χ0) is 29.2. The number of ether oxygens (including phenoxy) is 1. The van der Waals surface area contributed by atoms with Gasteiger partial charge in [-0.3, -0.25) is 14.4 Å². The second-order valence-corrected chi connectivity index (χ2v) is 10.9. The Kier molecular flexibility index (Phi) is 10.3. The number of hydrogen-bond acceptors (Lipinski definition) is 6. The molecule has 5 N–H and O–H groups in total. The first-order valence-electron chi connectivity index (χ1n) is 14.2. The molecular weight excluding hydrogens is 516 g/mol. The quantitative estimate of drug-likeness (QED) is 0.295. The molecular formula is C33H40N4O4. The highest BCUT2D eigenvalue weighted by molar-refractivity contribution is 5.95. The van der Waals surface area contributed by atoms with Crippen molar-refractivity contribution in [3.8, 4) is 0 Å². The van der Waals surface area contributed by atoms with E-state index in [9.17, 15) is 14.4 Å². The Labute approximate surface area is 242 Å². The second kappa shape index (κ2) is 14.1. The summed E-state index contributed by atoms with van der Waals surface area (Å²) in [6.07, 6.45) is 1.59. The highest BCUT2D eigenvalue weighted by Crippen LogP contribution is 2.26. The van der Waals surface area contributed by atoms with Gasteiger partial charge in [0.1, 0.15) is 0 Å². The van der Waals surface area contributed by atoms with Crippen molar-refractivity contribution in [2.24, 2.45) is 17.4 Å². The van der Waals surface area contributed by atoms with Gasteiger partial charge in [-0.1, -0.05) is 60.7 Å². The third-order valence-electron chi connectivity index (χ3n) is 7.73. The van der Waals surface area contributed by atoms with Crippen LogP contribution >= 0.6 is 0 Å². The summed E-state index contributed by atoms with van der Waals surface area (Å²) in [6.45, 7) is 4.05. The number of nitrogens with zero attached hydrogens (tertiary/aromatic N) is 1. The number of carbonyl (C=O) groups excluding carboxylic acids is 3. The van der Waals surface area contributed by atoms with Gasteiger partial charge in [-0.2, -0.15) is 0 Å². The predicted molar refractivity (Wildman–Crippen MR) is 160 cm³/mol. The minimum Gasteiger partial charge on any atom is -0.378 e. The highest BCUT2D eigenvalue weighted by atomic mass is 16.5. The van der Waals surface area contributed by atoms with Crippen LogP contribution in [0.1, 0.15) is 41.3 Å². The first-order valence-corrected chi connectivity index (χ1v) is 14.2.